The molecule has 0 aliphatic heterocycles. The highest BCUT2D eigenvalue weighted by atomic mass is 19.4. The molecule has 1 N–H and O–H groups in total. The van der Waals surface area contributed by atoms with Crippen molar-refractivity contribution < 1.29 is 27.5 Å². The molecular weight excluding hydrogens is 325 g/mol. The highest BCUT2D eigenvalue weighted by Crippen LogP contribution is 2.30. The third-order valence-electron chi connectivity index (χ3n) is 3.01. The monoisotopic (exact) mass is 338 g/mol. The van der Waals surface area contributed by atoms with Gasteiger partial charge in [-0.3, -0.25) is 9.78 Å². The van der Waals surface area contributed by atoms with E-state index in [4.69, 9.17) is 4.74 Å². The van der Waals surface area contributed by atoms with Gasteiger partial charge in [-0.05, 0) is 37.3 Å². The lowest BCUT2D eigenvalue weighted by atomic mass is 10.2. The summed E-state index contributed by atoms with van der Waals surface area (Å²) in [4.78, 5) is 27.5. The zero-order valence-corrected chi connectivity index (χ0v) is 12.5. The molecule has 126 valence electrons. The zero-order chi connectivity index (χ0) is 17.7. The average molecular weight is 338 g/mol. The fraction of sp³-hybridized carbons (Fsp3) is 0.188. The Hall–Kier alpha value is -2.90. The van der Waals surface area contributed by atoms with Gasteiger partial charge in [0.1, 0.15) is 0 Å². The van der Waals surface area contributed by atoms with Crippen LogP contribution in [0.3, 0.4) is 0 Å². The lowest BCUT2D eigenvalue weighted by Crippen LogP contribution is -2.30. The first-order valence-electron chi connectivity index (χ1n) is 6.86. The Balaban J connectivity index is 2.00. The molecule has 1 aromatic heterocycles. The minimum atomic E-state index is -4.51. The van der Waals surface area contributed by atoms with E-state index in [0.717, 1.165) is 12.1 Å². The van der Waals surface area contributed by atoms with Crippen molar-refractivity contribution >= 4 is 17.6 Å². The van der Waals surface area contributed by atoms with Gasteiger partial charge < -0.3 is 10.1 Å². The largest absolute Gasteiger partial charge is 0.449 e. The molecule has 1 aromatic carbocycles. The summed E-state index contributed by atoms with van der Waals surface area (Å²) >= 11 is 0. The predicted molar refractivity (Wildman–Crippen MR) is 79.2 cm³/mol. The summed E-state index contributed by atoms with van der Waals surface area (Å²) in [6.45, 7) is 1.32. The smallest absolute Gasteiger partial charge is 0.416 e. The number of hydrogen-bond donors (Lipinski definition) is 1. The van der Waals surface area contributed by atoms with E-state index in [2.05, 4.69) is 10.3 Å². The molecule has 0 spiro atoms. The van der Waals surface area contributed by atoms with Gasteiger partial charge in [0, 0.05) is 18.1 Å². The predicted octanol–water partition coefficient (Wildman–Crippen LogP) is 3.28. The van der Waals surface area contributed by atoms with Crippen molar-refractivity contribution in [1.82, 2.24) is 4.98 Å². The van der Waals surface area contributed by atoms with Gasteiger partial charge in [-0.15, -0.1) is 0 Å². The van der Waals surface area contributed by atoms with Crippen LogP contribution < -0.4 is 5.32 Å². The fourth-order valence-corrected chi connectivity index (χ4v) is 1.78. The summed E-state index contributed by atoms with van der Waals surface area (Å²) < 4.78 is 42.9. The van der Waals surface area contributed by atoms with Crippen LogP contribution in [0.25, 0.3) is 0 Å². The number of carbonyl (C=O) groups is 2. The van der Waals surface area contributed by atoms with Crippen LogP contribution in [0.1, 0.15) is 22.8 Å². The standard InChI is InChI=1S/C16H13F3N2O3/c1-10(24-15(23)11-4-3-7-20-9-11)14(22)21-13-6-2-5-12(8-13)16(17,18)19/h2-10H,1H3,(H,21,22)/t10-/m1/s1. The van der Waals surface area contributed by atoms with Gasteiger partial charge in [0.15, 0.2) is 6.10 Å². The third kappa shape index (κ3) is 4.55. The molecule has 2 rings (SSSR count). The van der Waals surface area contributed by atoms with Crippen molar-refractivity contribution in [3.8, 4) is 0 Å². The topological polar surface area (TPSA) is 68.3 Å². The average Bonchev–Trinajstić information content (AvgIpc) is 2.55. The lowest BCUT2D eigenvalue weighted by Gasteiger charge is -2.14. The van der Waals surface area contributed by atoms with E-state index in [1.54, 1.807) is 0 Å². The molecule has 5 nitrogen and oxygen atoms in total. The maximum absolute atomic E-state index is 12.6. The fourth-order valence-electron chi connectivity index (χ4n) is 1.78. The molecule has 0 saturated carbocycles. The van der Waals surface area contributed by atoms with Gasteiger partial charge in [-0.2, -0.15) is 13.2 Å². The summed E-state index contributed by atoms with van der Waals surface area (Å²) in [5, 5.41) is 2.28. The number of anilines is 1. The summed E-state index contributed by atoms with van der Waals surface area (Å²) in [6, 6.07) is 7.17. The number of carbonyl (C=O) groups excluding carboxylic acids is 2. The molecule has 24 heavy (non-hydrogen) atoms. The molecule has 0 unspecified atom stereocenters. The van der Waals surface area contributed by atoms with Crippen LogP contribution in [0.5, 0.6) is 0 Å². The van der Waals surface area contributed by atoms with E-state index in [1.165, 1.54) is 43.6 Å². The van der Waals surface area contributed by atoms with Gasteiger partial charge in [0.2, 0.25) is 0 Å². The highest BCUT2D eigenvalue weighted by Gasteiger charge is 2.30. The number of benzene rings is 1. The number of esters is 1. The second kappa shape index (κ2) is 7.12. The molecule has 8 heteroatoms. The van der Waals surface area contributed by atoms with Gasteiger partial charge in [-0.25, -0.2) is 4.79 Å². The summed E-state index contributed by atoms with van der Waals surface area (Å²) in [5.41, 5.74) is -0.768. The number of nitrogens with one attached hydrogen (secondary N) is 1. The Labute approximate surface area is 135 Å². The Morgan fingerprint density at radius 1 is 1.21 bits per heavy atom. The van der Waals surface area contributed by atoms with E-state index in [0.29, 0.717) is 0 Å². The molecule has 1 amide bonds. The van der Waals surface area contributed by atoms with Crippen molar-refractivity contribution in [2.45, 2.75) is 19.2 Å². The quantitative estimate of drug-likeness (QED) is 0.869. The van der Waals surface area contributed by atoms with Crippen LogP contribution in [0.15, 0.2) is 48.8 Å². The van der Waals surface area contributed by atoms with Gasteiger partial charge in [0.05, 0.1) is 11.1 Å². The number of halogens is 3. The molecule has 2 aromatic rings. The highest BCUT2D eigenvalue weighted by molar-refractivity contribution is 5.97. The number of alkyl halides is 3. The molecule has 0 radical (unpaired) electrons. The zero-order valence-electron chi connectivity index (χ0n) is 12.5. The Bertz CT molecular complexity index is 733. The molecule has 0 fully saturated rings. The van der Waals surface area contributed by atoms with E-state index in [1.807, 2.05) is 0 Å². The first-order valence-corrected chi connectivity index (χ1v) is 6.86. The second-order valence-electron chi connectivity index (χ2n) is 4.86. The summed E-state index contributed by atoms with van der Waals surface area (Å²) in [7, 11) is 0. The van der Waals surface area contributed by atoms with E-state index < -0.39 is 29.7 Å². The van der Waals surface area contributed by atoms with Crippen molar-refractivity contribution in [3.63, 3.8) is 0 Å². The Kier molecular flexibility index (Phi) is 5.18. The van der Waals surface area contributed by atoms with E-state index in [9.17, 15) is 22.8 Å². The maximum atomic E-state index is 12.6. The van der Waals surface area contributed by atoms with Gasteiger partial charge in [-0.1, -0.05) is 6.07 Å². The first-order chi connectivity index (χ1) is 11.3. The van der Waals surface area contributed by atoms with Gasteiger partial charge in [0.25, 0.3) is 5.91 Å². The van der Waals surface area contributed by atoms with Crippen LogP contribution in [0.2, 0.25) is 0 Å². The Morgan fingerprint density at radius 2 is 1.96 bits per heavy atom. The van der Waals surface area contributed by atoms with E-state index >= 15 is 0 Å². The van der Waals surface area contributed by atoms with Crippen LogP contribution in [-0.4, -0.2) is 23.0 Å². The number of pyridine rings is 1. The molecule has 0 aliphatic rings. The van der Waals surface area contributed by atoms with Crippen LogP contribution in [0, 0.1) is 0 Å². The number of amides is 1. The van der Waals surface area contributed by atoms with Crippen molar-refractivity contribution in [2.24, 2.45) is 0 Å². The van der Waals surface area contributed by atoms with Crippen molar-refractivity contribution in [1.29, 1.82) is 0 Å². The molecule has 0 saturated heterocycles. The SMILES string of the molecule is C[C@@H](OC(=O)c1cccnc1)C(=O)Nc1cccc(C(F)(F)F)c1. The summed E-state index contributed by atoms with van der Waals surface area (Å²) in [6.07, 6.45) is -2.95. The lowest BCUT2D eigenvalue weighted by molar-refractivity contribution is -0.137. The number of rotatable bonds is 4. The number of nitrogens with zero attached hydrogens (tertiary/aromatic N) is 1. The van der Waals surface area contributed by atoms with Crippen LogP contribution in [0.4, 0.5) is 18.9 Å². The van der Waals surface area contributed by atoms with Crippen molar-refractivity contribution in [2.75, 3.05) is 5.32 Å². The minimum Gasteiger partial charge on any atom is -0.449 e. The normalized spacial score (nSPS) is 12.3. The Morgan fingerprint density at radius 3 is 2.58 bits per heavy atom. The summed E-state index contributed by atoms with van der Waals surface area (Å²) in [5.74, 6) is -1.50. The minimum absolute atomic E-state index is 0.0425. The molecule has 1 atom stereocenters. The van der Waals surface area contributed by atoms with Crippen molar-refractivity contribution in [3.05, 3.63) is 59.9 Å². The molecule has 0 aliphatic carbocycles. The number of aromatic nitrogens is 1. The number of ether oxygens (including phenoxy) is 1. The maximum Gasteiger partial charge on any atom is 0.416 e. The van der Waals surface area contributed by atoms with Gasteiger partial charge >= 0.3 is 12.1 Å². The number of hydrogen-bond acceptors (Lipinski definition) is 4. The molecule has 0 bridgehead atoms. The molecular formula is C16H13F3N2O3. The van der Waals surface area contributed by atoms with E-state index in [-0.39, 0.29) is 11.3 Å². The van der Waals surface area contributed by atoms with Crippen LogP contribution >= 0.6 is 0 Å². The first kappa shape index (κ1) is 17.5. The third-order valence-corrected chi connectivity index (χ3v) is 3.01. The molecule has 1 heterocycles. The second-order valence-corrected chi connectivity index (χ2v) is 4.86. The van der Waals surface area contributed by atoms with Crippen LogP contribution in [-0.2, 0) is 15.7 Å².